The van der Waals surface area contributed by atoms with Crippen LogP contribution in [0.3, 0.4) is 0 Å². The van der Waals surface area contributed by atoms with Crippen molar-refractivity contribution < 1.29 is 14.3 Å². The highest BCUT2D eigenvalue weighted by Gasteiger charge is 2.06. The molecule has 2 rings (SSSR count). The summed E-state index contributed by atoms with van der Waals surface area (Å²) in [5, 5.41) is 5.58. The van der Waals surface area contributed by atoms with Gasteiger partial charge in [0.1, 0.15) is 5.75 Å². The van der Waals surface area contributed by atoms with E-state index in [1.807, 2.05) is 38.1 Å². The summed E-state index contributed by atoms with van der Waals surface area (Å²) in [6.45, 7) is 3.81. The van der Waals surface area contributed by atoms with Crippen molar-refractivity contribution in [2.24, 2.45) is 0 Å². The van der Waals surface area contributed by atoms with E-state index in [0.717, 1.165) is 11.3 Å². The van der Waals surface area contributed by atoms with Crippen LogP contribution in [0, 0.1) is 0 Å². The summed E-state index contributed by atoms with van der Waals surface area (Å²) in [7, 11) is 1.61. The molecule has 0 heterocycles. The number of anilines is 1. The van der Waals surface area contributed by atoms with Crippen molar-refractivity contribution in [1.82, 2.24) is 5.32 Å². The second-order valence-electron chi connectivity index (χ2n) is 5.80. The molecular weight excluding hydrogens is 316 g/mol. The third kappa shape index (κ3) is 5.80. The summed E-state index contributed by atoms with van der Waals surface area (Å²) >= 11 is 0. The molecule has 2 N–H and O–H groups in total. The lowest BCUT2D eigenvalue weighted by Gasteiger charge is -2.09. The molecule has 130 valence electrons. The molecule has 0 bridgehead atoms. The van der Waals surface area contributed by atoms with Gasteiger partial charge >= 0.3 is 0 Å². The third-order valence-corrected chi connectivity index (χ3v) is 3.38. The number of ether oxygens (including phenoxy) is 1. The predicted molar refractivity (Wildman–Crippen MR) is 99.7 cm³/mol. The van der Waals surface area contributed by atoms with E-state index < -0.39 is 0 Å². The smallest absolute Gasteiger partial charge is 0.251 e. The van der Waals surface area contributed by atoms with Gasteiger partial charge in [-0.1, -0.05) is 12.1 Å². The first-order chi connectivity index (χ1) is 12.0. The molecule has 0 radical (unpaired) electrons. The van der Waals surface area contributed by atoms with Crippen molar-refractivity contribution in [3.05, 3.63) is 65.7 Å². The number of methoxy groups -OCH3 is 1. The molecule has 0 unspecified atom stereocenters. The van der Waals surface area contributed by atoms with Crippen LogP contribution in [-0.4, -0.2) is 25.0 Å². The largest absolute Gasteiger partial charge is 0.497 e. The molecule has 2 aromatic rings. The number of amides is 2. The number of hydrogen-bond donors (Lipinski definition) is 2. The molecule has 25 heavy (non-hydrogen) atoms. The van der Waals surface area contributed by atoms with Crippen LogP contribution in [0.15, 0.2) is 54.6 Å². The molecule has 2 amide bonds. The number of nitrogens with one attached hydrogen (secondary N) is 2. The van der Waals surface area contributed by atoms with Gasteiger partial charge in [-0.3, -0.25) is 9.59 Å². The van der Waals surface area contributed by atoms with Crippen LogP contribution in [-0.2, 0) is 4.79 Å². The van der Waals surface area contributed by atoms with Crippen LogP contribution >= 0.6 is 0 Å². The molecular formula is C20H22N2O3. The van der Waals surface area contributed by atoms with Crippen LogP contribution in [0.1, 0.15) is 29.8 Å². The minimum absolute atomic E-state index is 0.0787. The zero-order valence-electron chi connectivity index (χ0n) is 14.6. The molecule has 0 fully saturated rings. The molecule has 0 aromatic heterocycles. The second-order valence-corrected chi connectivity index (χ2v) is 5.80. The van der Waals surface area contributed by atoms with Gasteiger partial charge in [-0.15, -0.1) is 0 Å². The van der Waals surface area contributed by atoms with Gasteiger partial charge in [-0.25, -0.2) is 0 Å². The second kappa shape index (κ2) is 8.68. The molecule has 0 saturated heterocycles. The van der Waals surface area contributed by atoms with Crippen molar-refractivity contribution >= 4 is 23.6 Å². The Hall–Kier alpha value is -3.08. The monoisotopic (exact) mass is 338 g/mol. The van der Waals surface area contributed by atoms with Crippen LogP contribution in [0.4, 0.5) is 5.69 Å². The topological polar surface area (TPSA) is 67.4 Å². The van der Waals surface area contributed by atoms with Crippen LogP contribution < -0.4 is 15.4 Å². The minimum Gasteiger partial charge on any atom is -0.497 e. The Balaban J connectivity index is 1.93. The summed E-state index contributed by atoms with van der Waals surface area (Å²) in [6, 6.07) is 14.2. The molecule has 0 aliphatic carbocycles. The molecule has 0 atom stereocenters. The predicted octanol–water partition coefficient (Wildman–Crippen LogP) is 3.49. The highest BCUT2D eigenvalue weighted by Crippen LogP contribution is 2.13. The highest BCUT2D eigenvalue weighted by atomic mass is 16.5. The first-order valence-corrected chi connectivity index (χ1v) is 8.02. The van der Waals surface area contributed by atoms with Crippen molar-refractivity contribution in [2.75, 3.05) is 12.4 Å². The third-order valence-electron chi connectivity index (χ3n) is 3.38. The maximum absolute atomic E-state index is 12.0. The fourth-order valence-electron chi connectivity index (χ4n) is 2.12. The van der Waals surface area contributed by atoms with Gasteiger partial charge in [0.2, 0.25) is 5.91 Å². The van der Waals surface area contributed by atoms with E-state index in [9.17, 15) is 9.59 Å². The highest BCUT2D eigenvalue weighted by molar-refractivity contribution is 6.02. The standard InChI is InChI=1S/C20H22N2O3/c1-14(2)21-20(24)16-7-9-17(10-8-16)22-19(23)13-6-15-4-11-18(25-3)12-5-15/h4-14H,1-3H3,(H,21,24)(H,22,23)/b13-6+. The maximum atomic E-state index is 12.0. The van der Waals surface area contributed by atoms with Crippen LogP contribution in [0.2, 0.25) is 0 Å². The molecule has 5 nitrogen and oxygen atoms in total. The molecule has 0 aliphatic heterocycles. The van der Waals surface area contributed by atoms with E-state index in [2.05, 4.69) is 10.6 Å². The molecule has 0 aliphatic rings. The van der Waals surface area contributed by atoms with Crippen LogP contribution in [0.25, 0.3) is 6.08 Å². The van der Waals surface area contributed by atoms with Gasteiger partial charge < -0.3 is 15.4 Å². The van der Waals surface area contributed by atoms with E-state index in [1.165, 1.54) is 6.08 Å². The fraction of sp³-hybridized carbons (Fsp3) is 0.200. The molecule has 2 aromatic carbocycles. The van der Waals surface area contributed by atoms with Crippen molar-refractivity contribution in [3.63, 3.8) is 0 Å². The summed E-state index contributed by atoms with van der Waals surface area (Å²) < 4.78 is 5.09. The Labute approximate surface area is 147 Å². The van der Waals surface area contributed by atoms with E-state index in [1.54, 1.807) is 37.5 Å². The van der Waals surface area contributed by atoms with Gasteiger partial charge in [0.15, 0.2) is 0 Å². The van der Waals surface area contributed by atoms with Gasteiger partial charge in [-0.05, 0) is 61.9 Å². The lowest BCUT2D eigenvalue weighted by molar-refractivity contribution is -0.111. The van der Waals surface area contributed by atoms with E-state index in [-0.39, 0.29) is 17.9 Å². The van der Waals surface area contributed by atoms with Crippen molar-refractivity contribution in [2.45, 2.75) is 19.9 Å². The van der Waals surface area contributed by atoms with Crippen molar-refractivity contribution in [3.8, 4) is 5.75 Å². The Morgan fingerprint density at radius 1 is 1.00 bits per heavy atom. The SMILES string of the molecule is COc1ccc(/C=C/C(=O)Nc2ccc(C(=O)NC(C)C)cc2)cc1. The van der Waals surface area contributed by atoms with Gasteiger partial charge in [0.25, 0.3) is 5.91 Å². The summed E-state index contributed by atoms with van der Waals surface area (Å²) in [6.07, 6.45) is 3.18. The first-order valence-electron chi connectivity index (χ1n) is 8.02. The van der Waals surface area contributed by atoms with Crippen LogP contribution in [0.5, 0.6) is 5.75 Å². The summed E-state index contributed by atoms with van der Waals surface area (Å²) in [4.78, 5) is 23.8. The Morgan fingerprint density at radius 2 is 1.64 bits per heavy atom. The Kier molecular flexibility index (Phi) is 6.34. The molecule has 0 spiro atoms. The van der Waals surface area contributed by atoms with E-state index in [4.69, 9.17) is 4.74 Å². The fourth-order valence-corrected chi connectivity index (χ4v) is 2.12. The van der Waals surface area contributed by atoms with Crippen molar-refractivity contribution in [1.29, 1.82) is 0 Å². The first kappa shape index (κ1) is 18.3. The molecule has 5 heteroatoms. The number of rotatable bonds is 6. The number of carbonyl (C=O) groups is 2. The minimum atomic E-state index is -0.241. The quantitative estimate of drug-likeness (QED) is 0.792. The summed E-state index contributed by atoms with van der Waals surface area (Å²) in [5.41, 5.74) is 2.09. The lowest BCUT2D eigenvalue weighted by atomic mass is 10.2. The van der Waals surface area contributed by atoms with Gasteiger partial charge in [0.05, 0.1) is 7.11 Å². The number of carbonyl (C=O) groups excluding carboxylic acids is 2. The maximum Gasteiger partial charge on any atom is 0.251 e. The lowest BCUT2D eigenvalue weighted by Crippen LogP contribution is -2.29. The zero-order chi connectivity index (χ0) is 18.2. The molecule has 0 saturated carbocycles. The zero-order valence-corrected chi connectivity index (χ0v) is 14.6. The van der Waals surface area contributed by atoms with E-state index in [0.29, 0.717) is 11.3 Å². The van der Waals surface area contributed by atoms with Gasteiger partial charge in [-0.2, -0.15) is 0 Å². The summed E-state index contributed by atoms with van der Waals surface area (Å²) in [5.74, 6) is 0.394. The number of hydrogen-bond acceptors (Lipinski definition) is 3. The normalized spacial score (nSPS) is 10.7. The Morgan fingerprint density at radius 3 is 2.20 bits per heavy atom. The Bertz CT molecular complexity index is 748. The number of benzene rings is 2. The average Bonchev–Trinajstić information content (AvgIpc) is 2.60. The van der Waals surface area contributed by atoms with E-state index >= 15 is 0 Å². The van der Waals surface area contributed by atoms with Gasteiger partial charge in [0, 0.05) is 23.4 Å². The average molecular weight is 338 g/mol.